The van der Waals surface area contributed by atoms with Gasteiger partial charge in [0.2, 0.25) is 0 Å². The Labute approximate surface area is 149 Å². The third-order valence-corrected chi connectivity index (χ3v) is 5.06. The largest absolute Gasteiger partial charge is 0.455 e. The second-order valence-corrected chi connectivity index (χ2v) is 7.08. The molecule has 0 amide bonds. The molecule has 0 bridgehead atoms. The van der Waals surface area contributed by atoms with Crippen molar-refractivity contribution in [2.45, 2.75) is 20.5 Å². The summed E-state index contributed by atoms with van der Waals surface area (Å²) in [7, 11) is 0. The van der Waals surface area contributed by atoms with Crippen molar-refractivity contribution in [3.63, 3.8) is 0 Å². The van der Waals surface area contributed by atoms with Crippen molar-refractivity contribution in [3.8, 4) is 0 Å². The normalized spacial score (nSPS) is 11.1. The number of benzene rings is 2. The molecule has 0 atom stereocenters. The summed E-state index contributed by atoms with van der Waals surface area (Å²) in [4.78, 5) is 21.5. The lowest BCUT2D eigenvalue weighted by Crippen LogP contribution is -2.08. The van der Waals surface area contributed by atoms with Crippen LogP contribution in [-0.2, 0) is 11.3 Å². The number of para-hydroxylation sites is 1. The molecule has 2 aromatic carbocycles. The number of carbonyl (C=O) groups is 1. The van der Waals surface area contributed by atoms with E-state index < -0.39 is 0 Å². The molecule has 0 saturated carbocycles. The summed E-state index contributed by atoms with van der Waals surface area (Å²) in [6, 6.07) is 15.7. The first-order valence-corrected chi connectivity index (χ1v) is 8.81. The summed E-state index contributed by atoms with van der Waals surface area (Å²) in [5.74, 6) is -0.368. The molecule has 0 fully saturated rings. The fourth-order valence-corrected chi connectivity index (χ4v) is 3.67. The van der Waals surface area contributed by atoms with Gasteiger partial charge in [-0.25, -0.2) is 9.78 Å². The van der Waals surface area contributed by atoms with E-state index in [1.807, 2.05) is 62.4 Å². The van der Waals surface area contributed by atoms with Crippen LogP contribution in [0.15, 0.2) is 48.5 Å². The maximum Gasteiger partial charge on any atom is 0.340 e. The van der Waals surface area contributed by atoms with Gasteiger partial charge in [-0.15, -0.1) is 11.3 Å². The van der Waals surface area contributed by atoms with Crippen LogP contribution < -0.4 is 0 Å². The standard InChI is InChI=1S/C20H16N2O2S/c1-12-7-8-16-14(9-12)10-15(13(2)21-16)20(23)24-11-19-22-17-5-3-4-6-18(17)25-19/h3-10H,11H2,1-2H3. The Morgan fingerprint density at radius 1 is 1.04 bits per heavy atom. The summed E-state index contributed by atoms with van der Waals surface area (Å²) in [6.07, 6.45) is 0. The first-order valence-electron chi connectivity index (χ1n) is 8.00. The van der Waals surface area contributed by atoms with Gasteiger partial charge in [-0.05, 0) is 44.2 Å². The molecule has 4 aromatic rings. The van der Waals surface area contributed by atoms with E-state index in [1.165, 1.54) is 11.3 Å². The summed E-state index contributed by atoms with van der Waals surface area (Å²) in [6.45, 7) is 4.02. The number of esters is 1. The molecule has 2 heterocycles. The number of aryl methyl sites for hydroxylation is 2. The summed E-state index contributed by atoms with van der Waals surface area (Å²) < 4.78 is 6.56. The van der Waals surface area contributed by atoms with Crippen LogP contribution in [0.2, 0.25) is 0 Å². The number of nitrogens with zero attached hydrogens (tertiary/aromatic N) is 2. The van der Waals surface area contributed by atoms with Gasteiger partial charge in [0.05, 0.1) is 27.0 Å². The van der Waals surface area contributed by atoms with E-state index in [0.717, 1.165) is 31.7 Å². The van der Waals surface area contributed by atoms with E-state index in [9.17, 15) is 4.79 Å². The van der Waals surface area contributed by atoms with Crippen LogP contribution in [0.3, 0.4) is 0 Å². The monoisotopic (exact) mass is 348 g/mol. The molecule has 0 aliphatic rings. The molecule has 0 N–H and O–H groups in total. The number of fused-ring (bicyclic) bond motifs is 2. The van der Waals surface area contributed by atoms with Gasteiger partial charge in [0, 0.05) is 5.39 Å². The zero-order valence-electron chi connectivity index (χ0n) is 13.9. The number of ether oxygens (including phenoxy) is 1. The summed E-state index contributed by atoms with van der Waals surface area (Å²) >= 11 is 1.54. The van der Waals surface area contributed by atoms with E-state index >= 15 is 0 Å². The Balaban J connectivity index is 1.57. The molecule has 0 unspecified atom stereocenters. The van der Waals surface area contributed by atoms with Crippen LogP contribution >= 0.6 is 11.3 Å². The molecule has 0 aliphatic carbocycles. The third kappa shape index (κ3) is 3.10. The number of pyridine rings is 1. The molecule has 124 valence electrons. The van der Waals surface area contributed by atoms with E-state index in [-0.39, 0.29) is 12.6 Å². The second-order valence-electron chi connectivity index (χ2n) is 5.97. The van der Waals surface area contributed by atoms with Gasteiger partial charge in [-0.3, -0.25) is 4.98 Å². The maximum absolute atomic E-state index is 12.5. The predicted octanol–water partition coefficient (Wildman–Crippen LogP) is 4.82. The number of hydrogen-bond acceptors (Lipinski definition) is 5. The highest BCUT2D eigenvalue weighted by atomic mass is 32.1. The van der Waals surface area contributed by atoms with Gasteiger partial charge in [0.15, 0.2) is 0 Å². The Kier molecular flexibility index (Phi) is 3.93. The lowest BCUT2D eigenvalue weighted by atomic mass is 10.1. The minimum atomic E-state index is -0.368. The molecule has 5 heteroatoms. The number of rotatable bonds is 3. The number of aromatic nitrogens is 2. The van der Waals surface area contributed by atoms with Crippen molar-refractivity contribution < 1.29 is 9.53 Å². The minimum Gasteiger partial charge on any atom is -0.455 e. The molecule has 0 saturated heterocycles. The van der Waals surface area contributed by atoms with Gasteiger partial charge in [0.25, 0.3) is 0 Å². The van der Waals surface area contributed by atoms with Crippen LogP contribution in [0, 0.1) is 13.8 Å². The molecule has 0 aliphatic heterocycles. The van der Waals surface area contributed by atoms with Crippen LogP contribution in [0.5, 0.6) is 0 Å². The second kappa shape index (κ2) is 6.26. The van der Waals surface area contributed by atoms with Gasteiger partial charge < -0.3 is 4.74 Å². The van der Waals surface area contributed by atoms with Gasteiger partial charge >= 0.3 is 5.97 Å². The number of hydrogen-bond donors (Lipinski definition) is 0. The van der Waals surface area contributed by atoms with E-state index in [0.29, 0.717) is 11.3 Å². The zero-order chi connectivity index (χ0) is 17.4. The third-order valence-electron chi connectivity index (χ3n) is 4.05. The van der Waals surface area contributed by atoms with Gasteiger partial charge in [0.1, 0.15) is 11.6 Å². The van der Waals surface area contributed by atoms with Gasteiger partial charge in [-0.2, -0.15) is 0 Å². The van der Waals surface area contributed by atoms with Gasteiger partial charge in [-0.1, -0.05) is 23.8 Å². The SMILES string of the molecule is Cc1ccc2nc(C)c(C(=O)OCc3nc4ccccc4s3)cc2c1. The first-order chi connectivity index (χ1) is 12.1. The first kappa shape index (κ1) is 15.7. The topological polar surface area (TPSA) is 52.1 Å². The number of carbonyl (C=O) groups excluding carboxylic acids is 1. The smallest absolute Gasteiger partial charge is 0.340 e. The Bertz CT molecular complexity index is 1070. The van der Waals surface area contributed by atoms with Crippen molar-refractivity contribution in [2.75, 3.05) is 0 Å². The molecule has 2 aromatic heterocycles. The predicted molar refractivity (Wildman–Crippen MR) is 100.0 cm³/mol. The minimum absolute atomic E-state index is 0.170. The highest BCUT2D eigenvalue weighted by Crippen LogP contribution is 2.23. The molecule has 0 radical (unpaired) electrons. The molecule has 4 nitrogen and oxygen atoms in total. The molecular weight excluding hydrogens is 332 g/mol. The van der Waals surface area contributed by atoms with E-state index in [1.54, 1.807) is 0 Å². The fourth-order valence-electron chi connectivity index (χ4n) is 2.79. The lowest BCUT2D eigenvalue weighted by molar-refractivity contribution is 0.0471. The zero-order valence-corrected chi connectivity index (χ0v) is 14.8. The van der Waals surface area contributed by atoms with E-state index in [2.05, 4.69) is 9.97 Å². The lowest BCUT2D eigenvalue weighted by Gasteiger charge is -2.08. The molecular formula is C20H16N2O2S. The highest BCUT2D eigenvalue weighted by Gasteiger charge is 2.14. The van der Waals surface area contributed by atoms with Crippen LogP contribution in [-0.4, -0.2) is 15.9 Å². The molecule has 0 spiro atoms. The Hall–Kier alpha value is -2.79. The number of thiazole rings is 1. The molecule has 25 heavy (non-hydrogen) atoms. The quantitative estimate of drug-likeness (QED) is 0.498. The van der Waals surface area contributed by atoms with Crippen molar-refractivity contribution in [2.24, 2.45) is 0 Å². The van der Waals surface area contributed by atoms with E-state index in [4.69, 9.17) is 4.74 Å². The van der Waals surface area contributed by atoms with Crippen LogP contribution in [0.25, 0.3) is 21.1 Å². The highest BCUT2D eigenvalue weighted by molar-refractivity contribution is 7.18. The Morgan fingerprint density at radius 2 is 1.88 bits per heavy atom. The van der Waals surface area contributed by atoms with Crippen molar-refractivity contribution >= 4 is 38.4 Å². The summed E-state index contributed by atoms with van der Waals surface area (Å²) in [5.41, 5.74) is 4.11. The summed E-state index contributed by atoms with van der Waals surface area (Å²) in [5, 5.41) is 1.73. The van der Waals surface area contributed by atoms with Crippen molar-refractivity contribution in [1.82, 2.24) is 9.97 Å². The van der Waals surface area contributed by atoms with Crippen molar-refractivity contribution in [1.29, 1.82) is 0 Å². The van der Waals surface area contributed by atoms with Crippen LogP contribution in [0.4, 0.5) is 0 Å². The Morgan fingerprint density at radius 3 is 2.72 bits per heavy atom. The van der Waals surface area contributed by atoms with Crippen molar-refractivity contribution in [3.05, 3.63) is 70.4 Å². The van der Waals surface area contributed by atoms with Crippen LogP contribution in [0.1, 0.15) is 26.6 Å². The maximum atomic E-state index is 12.5. The molecule has 4 rings (SSSR count). The fraction of sp³-hybridized carbons (Fsp3) is 0.150. The average Bonchev–Trinajstić information content (AvgIpc) is 3.02. The average molecular weight is 348 g/mol.